The Morgan fingerprint density at radius 1 is 1.27 bits per heavy atom. The van der Waals surface area contributed by atoms with Crippen LogP contribution < -0.4 is 0 Å². The SMILES string of the molecule is CC(C)(C)n1cc(C#N)c2c(-c3ccccc3O)c3c(nc21)COC3=O. The van der Waals surface area contributed by atoms with Gasteiger partial charge < -0.3 is 14.4 Å². The number of para-hydroxylation sites is 1. The molecule has 0 saturated carbocycles. The summed E-state index contributed by atoms with van der Waals surface area (Å²) in [4.78, 5) is 17.0. The molecule has 1 aromatic carbocycles. The second kappa shape index (κ2) is 5.33. The summed E-state index contributed by atoms with van der Waals surface area (Å²) in [5.41, 5.74) is 2.53. The van der Waals surface area contributed by atoms with Crippen LogP contribution in [0.1, 0.15) is 42.4 Å². The molecule has 4 rings (SSSR count). The summed E-state index contributed by atoms with van der Waals surface area (Å²) in [5.74, 6) is -0.450. The van der Waals surface area contributed by atoms with E-state index in [2.05, 4.69) is 11.1 Å². The van der Waals surface area contributed by atoms with Crippen molar-refractivity contribution in [3.05, 3.63) is 47.3 Å². The molecule has 26 heavy (non-hydrogen) atoms. The highest BCUT2D eigenvalue weighted by Gasteiger charge is 2.33. The maximum absolute atomic E-state index is 12.4. The number of ether oxygens (including phenoxy) is 1. The monoisotopic (exact) mass is 347 g/mol. The largest absolute Gasteiger partial charge is 0.507 e. The van der Waals surface area contributed by atoms with E-state index in [9.17, 15) is 15.2 Å². The van der Waals surface area contributed by atoms with Crippen LogP contribution in [0, 0.1) is 11.3 Å². The van der Waals surface area contributed by atoms with Crippen molar-refractivity contribution in [2.24, 2.45) is 0 Å². The first-order chi connectivity index (χ1) is 12.3. The Labute approximate surface area is 150 Å². The summed E-state index contributed by atoms with van der Waals surface area (Å²) >= 11 is 0. The van der Waals surface area contributed by atoms with E-state index in [0.29, 0.717) is 39.0 Å². The first-order valence-electron chi connectivity index (χ1n) is 8.27. The molecule has 0 bridgehead atoms. The van der Waals surface area contributed by atoms with Crippen LogP contribution in [0.15, 0.2) is 30.5 Å². The summed E-state index contributed by atoms with van der Waals surface area (Å²) < 4.78 is 7.11. The van der Waals surface area contributed by atoms with E-state index in [1.807, 2.05) is 25.3 Å². The van der Waals surface area contributed by atoms with Crippen LogP contribution >= 0.6 is 0 Å². The molecule has 6 nitrogen and oxygen atoms in total. The molecular formula is C20H17N3O3. The molecule has 0 amide bonds. The van der Waals surface area contributed by atoms with Gasteiger partial charge in [0, 0.05) is 28.2 Å². The number of phenols is 1. The molecule has 1 aliphatic heterocycles. The molecule has 0 fully saturated rings. The van der Waals surface area contributed by atoms with E-state index in [0.717, 1.165) is 0 Å². The molecule has 1 aliphatic rings. The molecule has 0 saturated heterocycles. The van der Waals surface area contributed by atoms with Gasteiger partial charge in [-0.3, -0.25) is 0 Å². The first-order valence-corrected chi connectivity index (χ1v) is 8.27. The Balaban J connectivity index is 2.24. The molecular weight excluding hydrogens is 330 g/mol. The maximum atomic E-state index is 12.4. The number of pyridine rings is 1. The molecule has 2 aromatic heterocycles. The zero-order valence-corrected chi connectivity index (χ0v) is 14.7. The summed E-state index contributed by atoms with van der Waals surface area (Å²) in [6.45, 7) is 6.14. The number of hydrogen-bond acceptors (Lipinski definition) is 5. The van der Waals surface area contributed by atoms with Gasteiger partial charge in [0.2, 0.25) is 0 Å². The van der Waals surface area contributed by atoms with Crippen molar-refractivity contribution in [1.29, 1.82) is 5.26 Å². The number of hydrogen-bond donors (Lipinski definition) is 1. The minimum absolute atomic E-state index is 0.0364. The van der Waals surface area contributed by atoms with Crippen molar-refractivity contribution in [2.75, 3.05) is 0 Å². The number of benzene rings is 1. The lowest BCUT2D eigenvalue weighted by molar-refractivity contribution is 0.0534. The highest BCUT2D eigenvalue weighted by atomic mass is 16.5. The van der Waals surface area contributed by atoms with Gasteiger partial charge in [-0.05, 0) is 26.8 Å². The number of nitriles is 1. The molecule has 0 aliphatic carbocycles. The standard InChI is InChI=1S/C20H17N3O3/c1-20(2,3)23-9-11(8-21)15-16(12-6-4-5-7-14(12)24)17-13(22-18(15)23)10-26-19(17)25/h4-7,9,24H,10H2,1-3H3. The molecule has 6 heteroatoms. The number of esters is 1. The first kappa shape index (κ1) is 16.2. The van der Waals surface area contributed by atoms with E-state index in [-0.39, 0.29) is 17.9 Å². The van der Waals surface area contributed by atoms with E-state index < -0.39 is 5.97 Å². The second-order valence-electron chi connectivity index (χ2n) is 7.30. The van der Waals surface area contributed by atoms with Gasteiger partial charge in [-0.1, -0.05) is 18.2 Å². The second-order valence-corrected chi connectivity index (χ2v) is 7.30. The number of aromatic nitrogens is 2. The number of carbonyl (C=O) groups excluding carboxylic acids is 1. The summed E-state index contributed by atoms with van der Waals surface area (Å²) in [6.07, 6.45) is 1.75. The van der Waals surface area contributed by atoms with E-state index in [1.165, 1.54) is 0 Å². The maximum Gasteiger partial charge on any atom is 0.341 e. The number of rotatable bonds is 1. The number of carbonyl (C=O) groups is 1. The Bertz CT molecular complexity index is 1110. The highest BCUT2D eigenvalue weighted by molar-refractivity contribution is 6.11. The van der Waals surface area contributed by atoms with Crippen LogP contribution in [0.5, 0.6) is 5.75 Å². The summed E-state index contributed by atoms with van der Waals surface area (Å²) in [7, 11) is 0. The Morgan fingerprint density at radius 3 is 2.65 bits per heavy atom. The zero-order chi connectivity index (χ0) is 18.6. The minimum Gasteiger partial charge on any atom is -0.507 e. The van der Waals surface area contributed by atoms with Crippen molar-refractivity contribution < 1.29 is 14.6 Å². The van der Waals surface area contributed by atoms with Gasteiger partial charge >= 0.3 is 5.97 Å². The number of nitrogens with zero attached hydrogens (tertiary/aromatic N) is 3. The minimum atomic E-state index is -0.486. The fourth-order valence-electron chi connectivity index (χ4n) is 3.39. The Morgan fingerprint density at radius 2 is 2.00 bits per heavy atom. The van der Waals surface area contributed by atoms with Crippen molar-refractivity contribution >= 4 is 17.0 Å². The average Bonchev–Trinajstić information content (AvgIpc) is 3.14. The van der Waals surface area contributed by atoms with Crippen molar-refractivity contribution in [3.63, 3.8) is 0 Å². The normalized spacial score (nSPS) is 13.5. The van der Waals surface area contributed by atoms with Gasteiger partial charge in [0.05, 0.1) is 16.8 Å². The van der Waals surface area contributed by atoms with Crippen LogP contribution in [-0.4, -0.2) is 20.6 Å². The van der Waals surface area contributed by atoms with Crippen molar-refractivity contribution in [1.82, 2.24) is 9.55 Å². The van der Waals surface area contributed by atoms with Crippen LogP contribution in [0.3, 0.4) is 0 Å². The topological polar surface area (TPSA) is 88.1 Å². The predicted molar refractivity (Wildman–Crippen MR) is 95.7 cm³/mol. The zero-order valence-electron chi connectivity index (χ0n) is 14.7. The Kier molecular flexibility index (Phi) is 3.31. The van der Waals surface area contributed by atoms with Crippen molar-refractivity contribution in [3.8, 4) is 22.9 Å². The molecule has 0 unspecified atom stereocenters. The van der Waals surface area contributed by atoms with Crippen molar-refractivity contribution in [2.45, 2.75) is 32.9 Å². The predicted octanol–water partition coefficient (Wildman–Crippen LogP) is 3.71. The summed E-state index contributed by atoms with van der Waals surface area (Å²) in [5, 5.41) is 20.7. The Hall–Kier alpha value is -3.33. The molecule has 0 spiro atoms. The van der Waals surface area contributed by atoms with Crippen LogP contribution in [0.2, 0.25) is 0 Å². The highest BCUT2D eigenvalue weighted by Crippen LogP contribution is 2.42. The lowest BCUT2D eigenvalue weighted by atomic mass is 9.94. The number of fused-ring (bicyclic) bond motifs is 2. The van der Waals surface area contributed by atoms with Gasteiger partial charge in [-0.15, -0.1) is 0 Å². The third-order valence-corrected chi connectivity index (χ3v) is 4.57. The van der Waals surface area contributed by atoms with E-state index in [1.54, 1.807) is 30.5 Å². The number of aromatic hydroxyl groups is 1. The number of phenolic OH excluding ortho intramolecular Hbond substituents is 1. The smallest absolute Gasteiger partial charge is 0.341 e. The third-order valence-electron chi connectivity index (χ3n) is 4.57. The van der Waals surface area contributed by atoms with Gasteiger partial charge in [0.1, 0.15) is 24.1 Å². The summed E-state index contributed by atoms with van der Waals surface area (Å²) in [6, 6.07) is 8.98. The lowest BCUT2D eigenvalue weighted by Gasteiger charge is -2.22. The molecule has 1 N–H and O–H groups in total. The quantitative estimate of drug-likeness (QED) is 0.678. The van der Waals surface area contributed by atoms with Gasteiger partial charge in [-0.2, -0.15) is 5.26 Å². The van der Waals surface area contributed by atoms with E-state index >= 15 is 0 Å². The molecule has 3 aromatic rings. The fraction of sp³-hybridized carbons (Fsp3) is 0.250. The molecule has 130 valence electrons. The molecule has 0 radical (unpaired) electrons. The van der Waals surface area contributed by atoms with Gasteiger partial charge in [0.25, 0.3) is 0 Å². The lowest BCUT2D eigenvalue weighted by Crippen LogP contribution is -2.21. The van der Waals surface area contributed by atoms with Crippen LogP contribution in [-0.2, 0) is 16.9 Å². The number of cyclic esters (lactones) is 1. The third kappa shape index (κ3) is 2.17. The van der Waals surface area contributed by atoms with Crippen LogP contribution in [0.4, 0.5) is 0 Å². The molecule has 0 atom stereocenters. The van der Waals surface area contributed by atoms with Gasteiger partial charge in [-0.25, -0.2) is 9.78 Å². The molecule has 3 heterocycles. The average molecular weight is 347 g/mol. The van der Waals surface area contributed by atoms with E-state index in [4.69, 9.17) is 4.74 Å². The fourth-order valence-corrected chi connectivity index (χ4v) is 3.39. The van der Waals surface area contributed by atoms with Crippen LogP contribution in [0.25, 0.3) is 22.2 Å². The van der Waals surface area contributed by atoms with Gasteiger partial charge in [0.15, 0.2) is 0 Å².